The first-order valence-corrected chi connectivity index (χ1v) is 8.40. The summed E-state index contributed by atoms with van der Waals surface area (Å²) in [7, 11) is 0. The molecule has 0 heterocycles. The number of hydrazone groups is 1. The number of amides is 2. The van der Waals surface area contributed by atoms with Gasteiger partial charge in [0.15, 0.2) is 0 Å². The lowest BCUT2D eigenvalue weighted by Crippen LogP contribution is -2.20. The molecule has 0 saturated heterocycles. The Hall–Kier alpha value is -2.67. The smallest absolute Gasteiger partial charge is 0.240 e. The number of hydrogen-bond donors (Lipinski definition) is 3. The van der Waals surface area contributed by atoms with Crippen LogP contribution in [0.1, 0.15) is 24.0 Å². The van der Waals surface area contributed by atoms with E-state index in [-0.39, 0.29) is 30.4 Å². The molecule has 0 radical (unpaired) electrons. The largest absolute Gasteiger partial charge is 0.507 e. The lowest BCUT2D eigenvalue weighted by atomic mass is 10.2. The van der Waals surface area contributed by atoms with Crippen LogP contribution in [0.3, 0.4) is 0 Å². The molecule has 0 unspecified atom stereocenters. The van der Waals surface area contributed by atoms with Gasteiger partial charge in [-0.3, -0.25) is 9.59 Å². The maximum Gasteiger partial charge on any atom is 0.240 e. The summed E-state index contributed by atoms with van der Waals surface area (Å²) in [5.74, 6) is -0.573. The first-order valence-electron chi connectivity index (χ1n) is 7.61. The fourth-order valence-electron chi connectivity index (χ4n) is 1.95. The van der Waals surface area contributed by atoms with Crippen LogP contribution in [0.15, 0.2) is 52.0 Å². The number of nitrogens with zero attached hydrogens (tertiary/aromatic N) is 1. The molecule has 7 heteroatoms. The first-order chi connectivity index (χ1) is 11.9. The minimum Gasteiger partial charge on any atom is -0.507 e. The number of phenolic OH excluding ortho intramolecular Hbond substituents is 1. The molecule has 2 amide bonds. The Morgan fingerprint density at radius 3 is 2.52 bits per heavy atom. The normalized spacial score (nSPS) is 10.6. The molecular formula is C18H18BrN3O3. The number of aryl methyl sites for hydroxylation is 1. The third-order valence-electron chi connectivity index (χ3n) is 3.30. The number of phenols is 1. The van der Waals surface area contributed by atoms with Gasteiger partial charge in [0.25, 0.3) is 0 Å². The zero-order valence-electron chi connectivity index (χ0n) is 13.6. The average molecular weight is 404 g/mol. The van der Waals surface area contributed by atoms with Gasteiger partial charge in [0.1, 0.15) is 5.75 Å². The van der Waals surface area contributed by atoms with Crippen molar-refractivity contribution in [1.29, 1.82) is 0 Å². The highest BCUT2D eigenvalue weighted by Crippen LogP contribution is 2.19. The second-order valence-corrected chi connectivity index (χ2v) is 6.33. The number of aromatic hydroxyl groups is 1. The van der Waals surface area contributed by atoms with Crippen LogP contribution in [0.4, 0.5) is 5.69 Å². The van der Waals surface area contributed by atoms with Crippen LogP contribution in [0.5, 0.6) is 5.75 Å². The molecular weight excluding hydrogens is 386 g/mol. The fourth-order valence-corrected chi connectivity index (χ4v) is 2.32. The molecule has 2 rings (SSSR count). The molecule has 0 aliphatic rings. The SMILES string of the molecule is Cc1ccc(NC(=O)CCC(=O)NN=Cc2cc(Br)ccc2O)cc1. The second kappa shape index (κ2) is 8.98. The maximum atomic E-state index is 11.8. The van der Waals surface area contributed by atoms with E-state index in [1.165, 1.54) is 12.3 Å². The minimum absolute atomic E-state index is 0.0134. The summed E-state index contributed by atoms with van der Waals surface area (Å²) < 4.78 is 0.783. The first kappa shape index (κ1) is 18.7. The lowest BCUT2D eigenvalue weighted by Gasteiger charge is -2.05. The molecule has 0 spiro atoms. The molecule has 0 fully saturated rings. The van der Waals surface area contributed by atoms with Crippen LogP contribution < -0.4 is 10.7 Å². The quantitative estimate of drug-likeness (QED) is 0.510. The van der Waals surface area contributed by atoms with Crippen molar-refractivity contribution in [3.05, 3.63) is 58.1 Å². The summed E-state index contributed by atoms with van der Waals surface area (Å²) >= 11 is 3.28. The van der Waals surface area contributed by atoms with E-state index in [2.05, 4.69) is 31.8 Å². The van der Waals surface area contributed by atoms with Crippen LogP contribution in [-0.2, 0) is 9.59 Å². The van der Waals surface area contributed by atoms with Crippen LogP contribution in [-0.4, -0.2) is 23.1 Å². The van der Waals surface area contributed by atoms with Crippen molar-refractivity contribution in [1.82, 2.24) is 5.43 Å². The van der Waals surface area contributed by atoms with E-state index in [1.807, 2.05) is 31.2 Å². The van der Waals surface area contributed by atoms with Crippen LogP contribution in [0.2, 0.25) is 0 Å². The van der Waals surface area contributed by atoms with Crippen molar-refractivity contribution in [3.8, 4) is 5.75 Å². The van der Waals surface area contributed by atoms with Crippen molar-refractivity contribution in [3.63, 3.8) is 0 Å². The predicted octanol–water partition coefficient (Wildman–Crippen LogP) is 3.33. The number of halogens is 1. The summed E-state index contributed by atoms with van der Waals surface area (Å²) in [5, 5.41) is 16.2. The zero-order chi connectivity index (χ0) is 18.2. The Bertz CT molecular complexity index is 789. The van der Waals surface area contributed by atoms with Gasteiger partial charge in [-0.15, -0.1) is 0 Å². The molecule has 0 aromatic heterocycles. The number of carbonyl (C=O) groups is 2. The van der Waals surface area contributed by atoms with E-state index >= 15 is 0 Å². The van der Waals surface area contributed by atoms with E-state index in [0.29, 0.717) is 11.3 Å². The summed E-state index contributed by atoms with van der Waals surface area (Å²) in [6.07, 6.45) is 1.40. The molecule has 130 valence electrons. The molecule has 0 aliphatic carbocycles. The highest BCUT2D eigenvalue weighted by atomic mass is 79.9. The van der Waals surface area contributed by atoms with Crippen molar-refractivity contribution < 1.29 is 14.7 Å². The predicted molar refractivity (Wildman–Crippen MR) is 101 cm³/mol. The minimum atomic E-state index is -0.384. The lowest BCUT2D eigenvalue weighted by molar-refractivity contribution is -0.124. The van der Waals surface area contributed by atoms with E-state index in [9.17, 15) is 14.7 Å². The number of anilines is 1. The number of hydrogen-bond acceptors (Lipinski definition) is 4. The number of rotatable bonds is 6. The summed E-state index contributed by atoms with van der Waals surface area (Å²) in [6.45, 7) is 1.96. The van der Waals surface area contributed by atoms with E-state index < -0.39 is 0 Å². The van der Waals surface area contributed by atoms with E-state index in [4.69, 9.17) is 0 Å². The van der Waals surface area contributed by atoms with Gasteiger partial charge in [-0.05, 0) is 37.3 Å². The van der Waals surface area contributed by atoms with E-state index in [1.54, 1.807) is 12.1 Å². The molecule has 25 heavy (non-hydrogen) atoms. The van der Waals surface area contributed by atoms with Crippen LogP contribution >= 0.6 is 15.9 Å². The Kier molecular flexibility index (Phi) is 6.71. The van der Waals surface area contributed by atoms with Crippen molar-refractivity contribution in [2.45, 2.75) is 19.8 Å². The molecule has 0 aliphatic heterocycles. The Morgan fingerprint density at radius 1 is 1.12 bits per heavy atom. The third-order valence-corrected chi connectivity index (χ3v) is 3.79. The Balaban J connectivity index is 1.76. The number of carbonyl (C=O) groups excluding carboxylic acids is 2. The molecule has 3 N–H and O–H groups in total. The monoisotopic (exact) mass is 403 g/mol. The van der Waals surface area contributed by atoms with Gasteiger partial charge in [0.2, 0.25) is 11.8 Å². The fraction of sp³-hybridized carbons (Fsp3) is 0.167. The number of benzene rings is 2. The highest BCUT2D eigenvalue weighted by molar-refractivity contribution is 9.10. The second-order valence-electron chi connectivity index (χ2n) is 5.41. The molecule has 0 bridgehead atoms. The van der Waals surface area contributed by atoms with Gasteiger partial charge in [-0.1, -0.05) is 33.6 Å². The molecule has 0 saturated carbocycles. The van der Waals surface area contributed by atoms with Gasteiger partial charge >= 0.3 is 0 Å². The molecule has 2 aromatic carbocycles. The Morgan fingerprint density at radius 2 is 1.80 bits per heavy atom. The Labute approximate surface area is 154 Å². The highest BCUT2D eigenvalue weighted by Gasteiger charge is 2.07. The molecule has 6 nitrogen and oxygen atoms in total. The van der Waals surface area contributed by atoms with Gasteiger partial charge in [-0.2, -0.15) is 5.10 Å². The summed E-state index contributed by atoms with van der Waals surface area (Å²) in [5.41, 5.74) is 4.59. The van der Waals surface area contributed by atoms with Crippen molar-refractivity contribution in [2.24, 2.45) is 5.10 Å². The average Bonchev–Trinajstić information content (AvgIpc) is 2.58. The molecule has 0 atom stereocenters. The zero-order valence-corrected chi connectivity index (χ0v) is 15.2. The maximum absolute atomic E-state index is 11.8. The topological polar surface area (TPSA) is 90.8 Å². The number of nitrogens with one attached hydrogen (secondary N) is 2. The van der Waals surface area contributed by atoms with Gasteiger partial charge in [0.05, 0.1) is 6.21 Å². The summed E-state index contributed by atoms with van der Waals surface area (Å²) in [4.78, 5) is 23.5. The van der Waals surface area contributed by atoms with Crippen molar-refractivity contribution >= 4 is 39.6 Å². The van der Waals surface area contributed by atoms with Gasteiger partial charge in [-0.25, -0.2) is 5.43 Å². The third kappa shape index (κ3) is 6.39. The van der Waals surface area contributed by atoms with Crippen molar-refractivity contribution in [2.75, 3.05) is 5.32 Å². The van der Waals surface area contributed by atoms with Gasteiger partial charge in [0, 0.05) is 28.6 Å². The van der Waals surface area contributed by atoms with Gasteiger partial charge < -0.3 is 10.4 Å². The summed E-state index contributed by atoms with van der Waals surface area (Å²) in [6, 6.07) is 12.3. The van der Waals surface area contributed by atoms with E-state index in [0.717, 1.165) is 10.0 Å². The van der Waals surface area contributed by atoms with Crippen LogP contribution in [0.25, 0.3) is 0 Å². The standard InChI is InChI=1S/C18H18BrN3O3/c1-12-2-5-15(6-3-12)21-17(24)8-9-18(25)22-20-11-13-10-14(19)4-7-16(13)23/h2-7,10-11,23H,8-9H2,1H3,(H,21,24)(H,22,25). The molecule has 2 aromatic rings. The van der Waals surface area contributed by atoms with Crippen LogP contribution in [0, 0.1) is 6.92 Å².